The lowest BCUT2D eigenvalue weighted by Crippen LogP contribution is -2.45. The largest absolute Gasteiger partial charge is 0.463 e. The number of esters is 1. The number of aliphatic hydroxyl groups is 1. The van der Waals surface area contributed by atoms with Crippen molar-refractivity contribution in [1.82, 2.24) is 10.2 Å². The molecule has 1 saturated heterocycles. The number of ether oxygens (including phenoxy) is 1. The van der Waals surface area contributed by atoms with E-state index in [1.807, 2.05) is 24.3 Å². The molecule has 220 valence electrons. The third-order valence-corrected chi connectivity index (χ3v) is 8.98. The van der Waals surface area contributed by atoms with E-state index in [-0.39, 0.29) is 55.4 Å². The predicted octanol–water partition coefficient (Wildman–Crippen LogP) is 4.96. The van der Waals surface area contributed by atoms with Gasteiger partial charge in [0.2, 0.25) is 11.8 Å². The Kier molecular flexibility index (Phi) is 12.1. The molecule has 1 aromatic rings. The van der Waals surface area contributed by atoms with Crippen molar-refractivity contribution in [3.05, 3.63) is 48.0 Å². The van der Waals surface area contributed by atoms with E-state index in [4.69, 9.17) is 4.74 Å². The van der Waals surface area contributed by atoms with Gasteiger partial charge in [0.25, 0.3) is 0 Å². The highest BCUT2D eigenvalue weighted by Gasteiger charge is 2.32. The van der Waals surface area contributed by atoms with E-state index in [2.05, 4.69) is 23.5 Å². The molecule has 0 radical (unpaired) electrons. The minimum atomic E-state index is -0.484. The Bertz CT molecular complexity index is 974. The zero-order valence-corrected chi connectivity index (χ0v) is 24.0. The number of carbonyl (C=O) groups excluding carboxylic acids is 3. The van der Waals surface area contributed by atoms with Crippen LogP contribution in [0, 0.1) is 17.8 Å². The van der Waals surface area contributed by atoms with Crippen LogP contribution in [0.2, 0.25) is 0 Å². The Morgan fingerprint density at radius 3 is 2.52 bits per heavy atom. The van der Waals surface area contributed by atoms with Crippen molar-refractivity contribution in [1.29, 1.82) is 0 Å². The van der Waals surface area contributed by atoms with Gasteiger partial charge in [-0.05, 0) is 62.8 Å². The molecule has 1 saturated carbocycles. The van der Waals surface area contributed by atoms with Crippen LogP contribution in [0.3, 0.4) is 0 Å². The number of amides is 2. The Morgan fingerprint density at radius 1 is 0.950 bits per heavy atom. The quantitative estimate of drug-likeness (QED) is 0.368. The molecular weight excluding hydrogens is 504 g/mol. The molecule has 2 aliphatic heterocycles. The van der Waals surface area contributed by atoms with Gasteiger partial charge in [-0.15, -0.1) is 0 Å². The molecule has 2 N–H and O–H groups in total. The highest BCUT2D eigenvalue weighted by molar-refractivity contribution is 5.86. The van der Waals surface area contributed by atoms with E-state index in [9.17, 15) is 19.5 Å². The summed E-state index contributed by atoms with van der Waals surface area (Å²) in [5.74, 6) is -0.593. The number of rotatable bonds is 7. The highest BCUT2D eigenvalue weighted by Crippen LogP contribution is 2.28. The van der Waals surface area contributed by atoms with Crippen molar-refractivity contribution < 1.29 is 24.2 Å². The zero-order chi connectivity index (χ0) is 28.2. The van der Waals surface area contributed by atoms with Gasteiger partial charge in [-0.2, -0.15) is 0 Å². The maximum Gasteiger partial charge on any atom is 0.309 e. The zero-order valence-electron chi connectivity index (χ0n) is 24.0. The number of nitrogens with one attached hydrogen (secondary N) is 1. The summed E-state index contributed by atoms with van der Waals surface area (Å²) in [5.41, 5.74) is 1.13. The molecule has 7 nitrogen and oxygen atoms in total. The van der Waals surface area contributed by atoms with Crippen LogP contribution in [0.4, 0.5) is 0 Å². The molecule has 2 fully saturated rings. The molecule has 0 aromatic heterocycles. The van der Waals surface area contributed by atoms with Crippen molar-refractivity contribution in [2.24, 2.45) is 17.8 Å². The molecule has 2 heterocycles. The fraction of sp³-hybridized carbons (Fsp3) is 0.667. The number of hydrogen-bond acceptors (Lipinski definition) is 5. The summed E-state index contributed by atoms with van der Waals surface area (Å²) in [6, 6.07) is 9.67. The minimum Gasteiger partial charge on any atom is -0.463 e. The van der Waals surface area contributed by atoms with Crippen LogP contribution in [-0.4, -0.2) is 59.6 Å². The molecule has 1 aliphatic carbocycles. The van der Waals surface area contributed by atoms with Crippen molar-refractivity contribution in [3.8, 4) is 0 Å². The lowest BCUT2D eigenvalue weighted by Gasteiger charge is -2.29. The van der Waals surface area contributed by atoms with Gasteiger partial charge in [0.05, 0.1) is 30.5 Å². The van der Waals surface area contributed by atoms with Crippen molar-refractivity contribution in [2.45, 2.75) is 102 Å². The van der Waals surface area contributed by atoms with Gasteiger partial charge in [-0.1, -0.05) is 74.6 Å². The summed E-state index contributed by atoms with van der Waals surface area (Å²) < 4.78 is 5.93. The van der Waals surface area contributed by atoms with Crippen molar-refractivity contribution in [2.75, 3.05) is 19.8 Å². The van der Waals surface area contributed by atoms with Gasteiger partial charge < -0.3 is 20.1 Å². The summed E-state index contributed by atoms with van der Waals surface area (Å²) in [6.07, 6.45) is 16.2. The average Bonchev–Trinajstić information content (AvgIpc) is 3.46. The SMILES string of the molecule is O=C1NC(CC2CCCCC2)COC(=O)C(Cc2ccccc2)CCCC=CCC1CC(=O)N1CCCC1CO. The van der Waals surface area contributed by atoms with Crippen LogP contribution < -0.4 is 5.32 Å². The lowest BCUT2D eigenvalue weighted by atomic mass is 9.84. The van der Waals surface area contributed by atoms with Crippen LogP contribution >= 0.6 is 0 Å². The maximum absolute atomic E-state index is 13.6. The molecule has 3 aliphatic rings. The lowest BCUT2D eigenvalue weighted by molar-refractivity contribution is -0.150. The topological polar surface area (TPSA) is 95.9 Å². The molecule has 0 spiro atoms. The number of hydrogen-bond donors (Lipinski definition) is 2. The third-order valence-electron chi connectivity index (χ3n) is 8.98. The Labute approximate surface area is 239 Å². The standard InChI is InChI=1S/C33H48N2O5/c36-23-30-18-11-19-35(30)31(37)22-27-16-9-1-2-10-17-28(20-25-12-5-3-6-13-25)33(39)40-24-29(34-32(27)38)21-26-14-7-4-8-15-26/h1,3,5-6,9,12-13,26-30,36H,2,4,7-8,10-11,14-24H2,(H,34,38). The molecule has 2 amide bonds. The first-order valence-corrected chi connectivity index (χ1v) is 15.6. The molecule has 40 heavy (non-hydrogen) atoms. The molecule has 7 heteroatoms. The Morgan fingerprint density at radius 2 is 1.75 bits per heavy atom. The van der Waals surface area contributed by atoms with E-state index in [1.54, 1.807) is 4.90 Å². The smallest absolute Gasteiger partial charge is 0.309 e. The van der Waals surface area contributed by atoms with E-state index in [0.29, 0.717) is 25.3 Å². The van der Waals surface area contributed by atoms with Crippen molar-refractivity contribution >= 4 is 17.8 Å². The van der Waals surface area contributed by atoms with Gasteiger partial charge in [0.15, 0.2) is 0 Å². The fourth-order valence-electron chi connectivity index (χ4n) is 6.64. The molecule has 4 unspecified atom stereocenters. The van der Waals surface area contributed by atoms with Crippen LogP contribution in [0.15, 0.2) is 42.5 Å². The first-order valence-electron chi connectivity index (χ1n) is 15.6. The number of aliphatic hydroxyl groups excluding tert-OH is 1. The Balaban J connectivity index is 1.47. The minimum absolute atomic E-state index is 0.0391. The van der Waals surface area contributed by atoms with E-state index >= 15 is 0 Å². The number of cyclic esters (lactones) is 1. The summed E-state index contributed by atoms with van der Waals surface area (Å²) in [5, 5.41) is 12.9. The number of likely N-dealkylation sites (tertiary alicyclic amines) is 1. The second kappa shape index (κ2) is 15.9. The van der Waals surface area contributed by atoms with E-state index < -0.39 is 5.92 Å². The van der Waals surface area contributed by atoms with E-state index in [0.717, 1.165) is 56.9 Å². The average molecular weight is 553 g/mol. The number of benzene rings is 1. The van der Waals surface area contributed by atoms with E-state index in [1.165, 1.54) is 19.3 Å². The third kappa shape index (κ3) is 9.18. The molecule has 4 rings (SSSR count). The van der Waals surface area contributed by atoms with Crippen LogP contribution in [0.25, 0.3) is 0 Å². The van der Waals surface area contributed by atoms with Crippen molar-refractivity contribution in [3.63, 3.8) is 0 Å². The normalized spacial score (nSPS) is 27.6. The summed E-state index contributed by atoms with van der Waals surface area (Å²) in [6.45, 7) is 0.767. The van der Waals surface area contributed by atoms with Crippen LogP contribution in [0.1, 0.15) is 89.0 Å². The molecule has 0 bridgehead atoms. The monoisotopic (exact) mass is 552 g/mol. The van der Waals surface area contributed by atoms with Gasteiger partial charge >= 0.3 is 5.97 Å². The second-order valence-corrected chi connectivity index (χ2v) is 12.1. The van der Waals surface area contributed by atoms with Gasteiger partial charge in [0, 0.05) is 13.0 Å². The fourth-order valence-corrected chi connectivity index (χ4v) is 6.64. The molecule has 1 aromatic carbocycles. The first kappa shape index (κ1) is 30.3. The number of allylic oxidation sites excluding steroid dienone is 2. The molecular formula is C33H48N2O5. The second-order valence-electron chi connectivity index (χ2n) is 12.1. The van der Waals surface area contributed by atoms with Crippen LogP contribution in [0.5, 0.6) is 0 Å². The van der Waals surface area contributed by atoms with Gasteiger partial charge in [-0.3, -0.25) is 14.4 Å². The molecule has 4 atom stereocenters. The highest BCUT2D eigenvalue weighted by atomic mass is 16.5. The number of nitrogens with zero attached hydrogens (tertiary/aromatic N) is 1. The van der Waals surface area contributed by atoms with Gasteiger partial charge in [-0.25, -0.2) is 0 Å². The van der Waals surface area contributed by atoms with Gasteiger partial charge in [0.1, 0.15) is 6.61 Å². The summed E-state index contributed by atoms with van der Waals surface area (Å²) >= 11 is 0. The number of carbonyl (C=O) groups is 3. The Hall–Kier alpha value is -2.67. The summed E-state index contributed by atoms with van der Waals surface area (Å²) in [4.78, 5) is 41.8. The van der Waals surface area contributed by atoms with Crippen LogP contribution in [-0.2, 0) is 25.5 Å². The summed E-state index contributed by atoms with van der Waals surface area (Å²) in [7, 11) is 0. The predicted molar refractivity (Wildman–Crippen MR) is 155 cm³/mol. The first-order chi connectivity index (χ1) is 19.5. The maximum atomic E-state index is 13.6.